The minimum absolute atomic E-state index is 0.105. The molecule has 0 N–H and O–H groups in total. The monoisotopic (exact) mass is 296 g/mol. The van der Waals surface area contributed by atoms with E-state index < -0.39 is 11.7 Å². The second-order valence-electron chi connectivity index (χ2n) is 3.89. The van der Waals surface area contributed by atoms with Crippen molar-refractivity contribution in [1.29, 1.82) is 0 Å². The summed E-state index contributed by atoms with van der Waals surface area (Å²) in [6.07, 6.45) is -4.45. The van der Waals surface area contributed by atoms with Crippen LogP contribution in [0.15, 0.2) is 12.1 Å². The Morgan fingerprint density at radius 3 is 2.42 bits per heavy atom. The number of aromatic nitrogens is 1. The molecule has 0 bridgehead atoms. The van der Waals surface area contributed by atoms with Crippen LogP contribution in [0, 0.1) is 0 Å². The second kappa shape index (κ2) is 6.96. The van der Waals surface area contributed by atoms with Gasteiger partial charge < -0.3 is 9.64 Å². The van der Waals surface area contributed by atoms with Crippen molar-refractivity contribution in [2.75, 3.05) is 26.2 Å². The van der Waals surface area contributed by atoms with Gasteiger partial charge in [-0.2, -0.15) is 13.2 Å². The maximum Gasteiger partial charge on any atom is 0.416 e. The van der Waals surface area contributed by atoms with Crippen LogP contribution < -0.4 is 4.74 Å². The molecule has 0 aliphatic rings. The predicted molar refractivity (Wildman–Crippen MR) is 67.5 cm³/mol. The number of halogens is 4. The maximum atomic E-state index is 12.6. The van der Waals surface area contributed by atoms with Crippen LogP contribution in [0.3, 0.4) is 0 Å². The Labute approximate surface area is 115 Å². The summed E-state index contributed by atoms with van der Waals surface area (Å²) in [4.78, 5) is 5.81. The van der Waals surface area contributed by atoms with Gasteiger partial charge in [-0.1, -0.05) is 25.4 Å². The van der Waals surface area contributed by atoms with E-state index in [1.54, 1.807) is 0 Å². The summed E-state index contributed by atoms with van der Waals surface area (Å²) in [6.45, 7) is 6.62. The van der Waals surface area contributed by atoms with Gasteiger partial charge in [0, 0.05) is 12.6 Å². The van der Waals surface area contributed by atoms with Gasteiger partial charge in [0.2, 0.25) is 5.88 Å². The van der Waals surface area contributed by atoms with Gasteiger partial charge in [0.1, 0.15) is 11.8 Å². The molecule has 0 aromatic carbocycles. The third-order valence-electron chi connectivity index (χ3n) is 2.65. The van der Waals surface area contributed by atoms with E-state index in [0.717, 1.165) is 25.2 Å². The quantitative estimate of drug-likeness (QED) is 0.752. The topological polar surface area (TPSA) is 25.4 Å². The molecule has 1 aromatic rings. The van der Waals surface area contributed by atoms with E-state index in [1.165, 1.54) is 0 Å². The Kier molecular flexibility index (Phi) is 5.87. The number of pyridine rings is 1. The Morgan fingerprint density at radius 1 is 1.26 bits per heavy atom. The molecule has 0 saturated heterocycles. The van der Waals surface area contributed by atoms with Crippen molar-refractivity contribution < 1.29 is 17.9 Å². The van der Waals surface area contributed by atoms with Crippen molar-refractivity contribution in [1.82, 2.24) is 9.88 Å². The molecular weight excluding hydrogens is 281 g/mol. The van der Waals surface area contributed by atoms with Gasteiger partial charge in [0.05, 0.1) is 5.56 Å². The molecule has 1 heterocycles. The molecule has 0 aliphatic heterocycles. The molecule has 108 valence electrons. The molecular formula is C12H16ClF3N2O. The van der Waals surface area contributed by atoms with Crippen LogP contribution in [0.2, 0.25) is 5.15 Å². The normalized spacial score (nSPS) is 11.9. The van der Waals surface area contributed by atoms with Crippen molar-refractivity contribution in [3.05, 3.63) is 22.8 Å². The smallest absolute Gasteiger partial charge is 0.416 e. The number of likely N-dealkylation sites (N-methyl/N-ethyl adjacent to an activating group) is 1. The van der Waals surface area contributed by atoms with Gasteiger partial charge in [-0.05, 0) is 19.2 Å². The summed E-state index contributed by atoms with van der Waals surface area (Å²) in [5, 5.41) is -0.229. The Balaban J connectivity index is 2.66. The first-order valence-corrected chi connectivity index (χ1v) is 6.34. The van der Waals surface area contributed by atoms with E-state index in [-0.39, 0.29) is 17.6 Å². The number of ether oxygens (including phenoxy) is 1. The van der Waals surface area contributed by atoms with Gasteiger partial charge in [-0.15, -0.1) is 0 Å². The zero-order chi connectivity index (χ0) is 14.5. The molecule has 3 nitrogen and oxygen atoms in total. The van der Waals surface area contributed by atoms with Crippen molar-refractivity contribution in [3.8, 4) is 5.88 Å². The fourth-order valence-electron chi connectivity index (χ4n) is 1.53. The third kappa shape index (κ3) is 5.24. The summed E-state index contributed by atoms with van der Waals surface area (Å²) in [5.41, 5.74) is -0.856. The Morgan fingerprint density at radius 2 is 1.89 bits per heavy atom. The molecule has 0 fully saturated rings. The third-order valence-corrected chi connectivity index (χ3v) is 2.84. The van der Waals surface area contributed by atoms with Gasteiger partial charge in [0.15, 0.2) is 0 Å². The molecule has 0 spiro atoms. The Bertz CT molecular complexity index is 408. The van der Waals surface area contributed by atoms with Crippen molar-refractivity contribution in [3.63, 3.8) is 0 Å². The van der Waals surface area contributed by atoms with Crippen LogP contribution in [0.5, 0.6) is 5.88 Å². The zero-order valence-electron chi connectivity index (χ0n) is 10.8. The number of nitrogens with zero attached hydrogens (tertiary/aromatic N) is 2. The van der Waals surface area contributed by atoms with Crippen LogP contribution >= 0.6 is 11.6 Å². The van der Waals surface area contributed by atoms with Gasteiger partial charge in [-0.25, -0.2) is 4.98 Å². The van der Waals surface area contributed by atoms with E-state index >= 15 is 0 Å². The highest BCUT2D eigenvalue weighted by atomic mass is 35.5. The summed E-state index contributed by atoms with van der Waals surface area (Å²) < 4.78 is 42.9. The minimum atomic E-state index is -4.45. The number of hydrogen-bond donors (Lipinski definition) is 0. The van der Waals surface area contributed by atoms with Crippen molar-refractivity contribution >= 4 is 11.6 Å². The van der Waals surface area contributed by atoms with Gasteiger partial charge >= 0.3 is 6.18 Å². The highest BCUT2D eigenvalue weighted by Crippen LogP contribution is 2.32. The molecule has 0 unspecified atom stereocenters. The van der Waals surface area contributed by atoms with E-state index in [2.05, 4.69) is 9.88 Å². The highest BCUT2D eigenvalue weighted by Gasteiger charge is 2.31. The van der Waals surface area contributed by atoms with E-state index in [4.69, 9.17) is 16.3 Å². The van der Waals surface area contributed by atoms with Crippen LogP contribution in [-0.4, -0.2) is 36.1 Å². The average molecular weight is 297 g/mol. The van der Waals surface area contributed by atoms with Gasteiger partial charge in [-0.3, -0.25) is 0 Å². The van der Waals surface area contributed by atoms with Crippen LogP contribution in [0.1, 0.15) is 19.4 Å². The van der Waals surface area contributed by atoms with Crippen molar-refractivity contribution in [2.45, 2.75) is 20.0 Å². The molecule has 0 aliphatic carbocycles. The van der Waals surface area contributed by atoms with Gasteiger partial charge in [0.25, 0.3) is 0 Å². The molecule has 1 rings (SSSR count). The molecule has 0 radical (unpaired) electrons. The summed E-state index contributed by atoms with van der Waals surface area (Å²) in [7, 11) is 0. The minimum Gasteiger partial charge on any atom is -0.476 e. The fraction of sp³-hybridized carbons (Fsp3) is 0.583. The largest absolute Gasteiger partial charge is 0.476 e. The molecule has 1 aromatic heterocycles. The fourth-order valence-corrected chi connectivity index (χ4v) is 1.73. The van der Waals surface area contributed by atoms with E-state index in [9.17, 15) is 13.2 Å². The number of hydrogen-bond acceptors (Lipinski definition) is 3. The molecule has 0 saturated carbocycles. The lowest BCUT2D eigenvalue weighted by Crippen LogP contribution is -2.28. The van der Waals surface area contributed by atoms with E-state index in [1.807, 2.05) is 13.8 Å². The lowest BCUT2D eigenvalue weighted by atomic mass is 10.2. The molecule has 0 atom stereocenters. The lowest BCUT2D eigenvalue weighted by Gasteiger charge is -2.18. The first-order valence-electron chi connectivity index (χ1n) is 5.96. The molecule has 7 heteroatoms. The Hall–Kier alpha value is -1.01. The SMILES string of the molecule is CCN(CC)CCOc1cc(C(F)(F)F)cc(Cl)n1. The first-order chi connectivity index (χ1) is 8.86. The van der Waals surface area contributed by atoms with Crippen LogP contribution in [-0.2, 0) is 6.18 Å². The summed E-state index contributed by atoms with van der Waals surface area (Å²) in [5.74, 6) is -0.105. The maximum absolute atomic E-state index is 12.6. The highest BCUT2D eigenvalue weighted by molar-refractivity contribution is 6.29. The first kappa shape index (κ1) is 16.0. The van der Waals surface area contributed by atoms with E-state index in [0.29, 0.717) is 6.54 Å². The number of alkyl halides is 3. The predicted octanol–water partition coefficient (Wildman–Crippen LogP) is 3.47. The standard InChI is InChI=1S/C12H16ClF3N2O/c1-3-18(4-2)5-6-19-11-8-9(12(14,15)16)7-10(13)17-11/h7-8H,3-6H2,1-2H3. The summed E-state index contributed by atoms with van der Waals surface area (Å²) >= 11 is 5.55. The zero-order valence-corrected chi connectivity index (χ0v) is 11.6. The molecule has 19 heavy (non-hydrogen) atoms. The number of rotatable bonds is 6. The summed E-state index contributed by atoms with van der Waals surface area (Å²) in [6, 6.07) is 1.63. The lowest BCUT2D eigenvalue weighted by molar-refractivity contribution is -0.137. The second-order valence-corrected chi connectivity index (χ2v) is 4.28. The average Bonchev–Trinajstić information content (AvgIpc) is 2.33. The molecule has 0 amide bonds. The van der Waals surface area contributed by atoms with Crippen LogP contribution in [0.4, 0.5) is 13.2 Å². The van der Waals surface area contributed by atoms with Crippen LogP contribution in [0.25, 0.3) is 0 Å². The van der Waals surface area contributed by atoms with Crippen molar-refractivity contribution in [2.24, 2.45) is 0 Å².